The van der Waals surface area contributed by atoms with Crippen molar-refractivity contribution in [3.63, 3.8) is 0 Å². The van der Waals surface area contributed by atoms with Crippen LogP contribution >= 0.6 is 0 Å². The second kappa shape index (κ2) is 9.34. The number of carbonyl (C=O) groups is 1. The number of benzene rings is 3. The van der Waals surface area contributed by atoms with E-state index in [1.165, 1.54) is 12.1 Å². The molecule has 0 fully saturated rings. The number of ether oxygens (including phenoxy) is 2. The van der Waals surface area contributed by atoms with Gasteiger partial charge in [0.15, 0.2) is 11.5 Å². The molecule has 1 aliphatic heterocycles. The van der Waals surface area contributed by atoms with E-state index in [1.54, 1.807) is 36.1 Å². The van der Waals surface area contributed by atoms with Crippen molar-refractivity contribution in [1.29, 1.82) is 0 Å². The van der Waals surface area contributed by atoms with E-state index >= 15 is 0 Å². The second-order valence-electron chi connectivity index (χ2n) is 7.26. The van der Waals surface area contributed by atoms with E-state index in [0.717, 1.165) is 5.56 Å². The molecule has 4 rings (SSSR count). The topological polar surface area (TPSA) is 81.9 Å². The minimum absolute atomic E-state index is 0.0854. The number of anilines is 1. The SMILES string of the molecule is Cc1c(C(=O)N(C/C=C/c2ccccc2)c2ccc3c(c2)OCCO3)cccc1[N+](=O)[O-]. The second-order valence-corrected chi connectivity index (χ2v) is 7.26. The number of hydrogen-bond acceptors (Lipinski definition) is 5. The van der Waals surface area contributed by atoms with Crippen LogP contribution in [0.2, 0.25) is 0 Å². The van der Waals surface area contributed by atoms with Crippen LogP contribution in [0, 0.1) is 17.0 Å². The Balaban J connectivity index is 1.70. The summed E-state index contributed by atoms with van der Waals surface area (Å²) in [7, 11) is 0. The molecule has 1 aliphatic rings. The van der Waals surface area contributed by atoms with Crippen molar-refractivity contribution < 1.29 is 19.2 Å². The maximum absolute atomic E-state index is 13.5. The van der Waals surface area contributed by atoms with Crippen molar-refractivity contribution in [2.45, 2.75) is 6.92 Å². The lowest BCUT2D eigenvalue weighted by atomic mass is 10.0. The molecule has 1 heterocycles. The van der Waals surface area contributed by atoms with E-state index in [-0.39, 0.29) is 23.7 Å². The van der Waals surface area contributed by atoms with E-state index in [9.17, 15) is 14.9 Å². The molecule has 7 nitrogen and oxygen atoms in total. The van der Waals surface area contributed by atoms with Gasteiger partial charge in [-0.1, -0.05) is 48.6 Å². The van der Waals surface area contributed by atoms with Crippen LogP contribution in [-0.4, -0.2) is 30.6 Å². The van der Waals surface area contributed by atoms with Gasteiger partial charge in [-0.2, -0.15) is 0 Å². The van der Waals surface area contributed by atoms with Crippen LogP contribution in [0.25, 0.3) is 6.08 Å². The molecule has 3 aromatic carbocycles. The summed E-state index contributed by atoms with van der Waals surface area (Å²) in [5.41, 5.74) is 2.15. The average molecular weight is 430 g/mol. The molecule has 3 aromatic rings. The smallest absolute Gasteiger partial charge is 0.273 e. The number of nitro benzene ring substituents is 1. The number of nitro groups is 1. The quantitative estimate of drug-likeness (QED) is 0.404. The Morgan fingerprint density at radius 1 is 1.03 bits per heavy atom. The van der Waals surface area contributed by atoms with Gasteiger partial charge in [0.1, 0.15) is 13.2 Å². The summed E-state index contributed by atoms with van der Waals surface area (Å²) in [6, 6.07) is 19.6. The zero-order chi connectivity index (χ0) is 22.5. The largest absolute Gasteiger partial charge is 0.486 e. The van der Waals surface area contributed by atoms with Crippen LogP contribution in [0.1, 0.15) is 21.5 Å². The molecule has 32 heavy (non-hydrogen) atoms. The van der Waals surface area contributed by atoms with Crippen LogP contribution in [0.5, 0.6) is 11.5 Å². The summed E-state index contributed by atoms with van der Waals surface area (Å²) < 4.78 is 11.3. The fourth-order valence-corrected chi connectivity index (χ4v) is 3.56. The third-order valence-electron chi connectivity index (χ3n) is 5.21. The highest BCUT2D eigenvalue weighted by Crippen LogP contribution is 2.35. The van der Waals surface area contributed by atoms with Gasteiger partial charge >= 0.3 is 0 Å². The number of nitrogens with zero attached hydrogens (tertiary/aromatic N) is 2. The fraction of sp³-hybridized carbons (Fsp3) is 0.160. The van der Waals surface area contributed by atoms with E-state index in [2.05, 4.69) is 0 Å². The number of fused-ring (bicyclic) bond motifs is 1. The molecule has 0 N–H and O–H groups in total. The Kier molecular flexibility index (Phi) is 6.17. The van der Waals surface area contributed by atoms with Crippen molar-refractivity contribution in [3.05, 3.63) is 99.6 Å². The van der Waals surface area contributed by atoms with E-state index < -0.39 is 4.92 Å². The molecule has 0 aliphatic carbocycles. The van der Waals surface area contributed by atoms with E-state index in [4.69, 9.17) is 9.47 Å². The fourth-order valence-electron chi connectivity index (χ4n) is 3.56. The summed E-state index contributed by atoms with van der Waals surface area (Å²) in [4.78, 5) is 26.0. The van der Waals surface area contributed by atoms with E-state index in [1.807, 2.05) is 42.5 Å². The van der Waals surface area contributed by atoms with Crippen molar-refractivity contribution in [3.8, 4) is 11.5 Å². The summed E-state index contributed by atoms with van der Waals surface area (Å²) >= 11 is 0. The van der Waals surface area contributed by atoms with Gasteiger partial charge in [-0.15, -0.1) is 0 Å². The van der Waals surface area contributed by atoms with Gasteiger partial charge in [0.05, 0.1) is 4.92 Å². The summed E-state index contributed by atoms with van der Waals surface area (Å²) in [6.07, 6.45) is 3.81. The standard InChI is InChI=1S/C25H22N2O5/c1-18-21(10-5-11-22(18)27(29)30)25(28)26(14-6-9-19-7-3-2-4-8-19)20-12-13-23-24(17-20)32-16-15-31-23/h2-13,17H,14-16H2,1H3/b9-6+. The maximum atomic E-state index is 13.5. The first-order valence-electron chi connectivity index (χ1n) is 10.2. The minimum Gasteiger partial charge on any atom is -0.486 e. The van der Waals surface area contributed by atoms with Crippen LogP contribution < -0.4 is 14.4 Å². The Labute approximate surface area is 185 Å². The molecule has 0 unspecified atom stereocenters. The predicted molar refractivity (Wildman–Crippen MR) is 122 cm³/mol. The molecule has 7 heteroatoms. The lowest BCUT2D eigenvalue weighted by Crippen LogP contribution is -2.32. The Hall–Kier alpha value is -4.13. The van der Waals surface area contributed by atoms with Crippen molar-refractivity contribution >= 4 is 23.4 Å². The van der Waals surface area contributed by atoms with Gasteiger partial charge < -0.3 is 14.4 Å². The van der Waals surface area contributed by atoms with Gasteiger partial charge in [0, 0.05) is 35.5 Å². The van der Waals surface area contributed by atoms with Crippen LogP contribution in [0.3, 0.4) is 0 Å². The van der Waals surface area contributed by atoms with Gasteiger partial charge in [-0.25, -0.2) is 0 Å². The normalized spacial score (nSPS) is 12.5. The molecule has 0 bridgehead atoms. The molecule has 1 amide bonds. The minimum atomic E-state index is -0.476. The van der Waals surface area contributed by atoms with Crippen LogP contribution in [0.15, 0.2) is 72.8 Å². The molecular formula is C25H22N2O5. The first-order chi connectivity index (χ1) is 15.5. The summed E-state index contributed by atoms with van der Waals surface area (Å²) in [6.45, 7) is 2.77. The molecule has 0 aromatic heterocycles. The van der Waals surface area contributed by atoms with Gasteiger partial charge in [0.25, 0.3) is 11.6 Å². The first kappa shape index (κ1) is 21.1. The van der Waals surface area contributed by atoms with Crippen LogP contribution in [0.4, 0.5) is 11.4 Å². The Bertz CT molecular complexity index is 1170. The maximum Gasteiger partial charge on any atom is 0.273 e. The molecule has 0 spiro atoms. The third kappa shape index (κ3) is 4.46. The average Bonchev–Trinajstić information content (AvgIpc) is 2.82. The van der Waals surface area contributed by atoms with Crippen LogP contribution in [-0.2, 0) is 0 Å². The van der Waals surface area contributed by atoms with Crippen molar-refractivity contribution in [2.24, 2.45) is 0 Å². The molecule has 0 radical (unpaired) electrons. The lowest BCUT2D eigenvalue weighted by Gasteiger charge is -2.25. The third-order valence-corrected chi connectivity index (χ3v) is 5.21. The highest BCUT2D eigenvalue weighted by Gasteiger charge is 2.24. The van der Waals surface area contributed by atoms with Crippen molar-refractivity contribution in [1.82, 2.24) is 0 Å². The molecule has 162 valence electrons. The highest BCUT2D eigenvalue weighted by atomic mass is 16.6. The van der Waals surface area contributed by atoms with E-state index in [0.29, 0.717) is 36.0 Å². The summed E-state index contributed by atoms with van der Waals surface area (Å²) in [5, 5.41) is 11.4. The van der Waals surface area contributed by atoms with Crippen molar-refractivity contribution in [2.75, 3.05) is 24.7 Å². The number of hydrogen-bond donors (Lipinski definition) is 0. The molecule has 0 atom stereocenters. The number of rotatable bonds is 6. The number of carbonyl (C=O) groups excluding carboxylic acids is 1. The van der Waals surface area contributed by atoms with Gasteiger partial charge in [0.2, 0.25) is 0 Å². The molecule has 0 saturated heterocycles. The zero-order valence-corrected chi connectivity index (χ0v) is 17.6. The van der Waals surface area contributed by atoms with Gasteiger partial charge in [-0.3, -0.25) is 14.9 Å². The Morgan fingerprint density at radius 2 is 1.78 bits per heavy atom. The highest BCUT2D eigenvalue weighted by molar-refractivity contribution is 6.08. The monoisotopic (exact) mass is 430 g/mol. The summed E-state index contributed by atoms with van der Waals surface area (Å²) in [5.74, 6) is 0.855. The molecular weight excluding hydrogens is 408 g/mol. The zero-order valence-electron chi connectivity index (χ0n) is 17.6. The predicted octanol–water partition coefficient (Wildman–Crippen LogP) is 5.03. The Morgan fingerprint density at radius 3 is 2.53 bits per heavy atom. The number of amides is 1. The van der Waals surface area contributed by atoms with Gasteiger partial charge in [-0.05, 0) is 30.7 Å². The lowest BCUT2D eigenvalue weighted by molar-refractivity contribution is -0.385. The molecule has 0 saturated carbocycles. The first-order valence-corrected chi connectivity index (χ1v) is 10.2.